The van der Waals surface area contributed by atoms with Gasteiger partial charge in [0.1, 0.15) is 0 Å². The molecule has 1 amide bonds. The van der Waals surface area contributed by atoms with Crippen LogP contribution in [0.2, 0.25) is 0 Å². The number of hydrogen-bond donors (Lipinski definition) is 3. The molecule has 0 radical (unpaired) electrons. The predicted molar refractivity (Wildman–Crippen MR) is 115 cm³/mol. The first-order valence-corrected chi connectivity index (χ1v) is 11.9. The average molecular weight is 412 g/mol. The third kappa shape index (κ3) is 4.20. The van der Waals surface area contributed by atoms with Crippen molar-refractivity contribution in [3.8, 4) is 10.4 Å². The van der Waals surface area contributed by atoms with E-state index in [1.54, 1.807) is 41.7 Å². The van der Waals surface area contributed by atoms with Gasteiger partial charge in [0.05, 0.1) is 11.4 Å². The second-order valence-electron chi connectivity index (χ2n) is 7.08. The first-order valence-electron chi connectivity index (χ1n) is 9.07. The summed E-state index contributed by atoms with van der Waals surface area (Å²) in [5.74, 6) is -0.268. The lowest BCUT2D eigenvalue weighted by atomic mass is 10.1. The van der Waals surface area contributed by atoms with E-state index >= 15 is 0 Å². The molecule has 1 unspecified atom stereocenters. The Morgan fingerprint density at radius 1 is 1.18 bits per heavy atom. The van der Waals surface area contributed by atoms with Gasteiger partial charge in [0.15, 0.2) is 0 Å². The first kappa shape index (κ1) is 18.9. The maximum absolute atomic E-state index is 12.6. The van der Waals surface area contributed by atoms with Crippen LogP contribution < -0.4 is 11.1 Å². The van der Waals surface area contributed by atoms with Crippen molar-refractivity contribution in [2.75, 3.05) is 11.1 Å². The molecule has 1 aromatic heterocycles. The van der Waals surface area contributed by atoms with Gasteiger partial charge in [-0.2, -0.15) is 0 Å². The zero-order chi connectivity index (χ0) is 19.7. The molecule has 1 aliphatic carbocycles. The summed E-state index contributed by atoms with van der Waals surface area (Å²) in [6.45, 7) is 0. The Balaban J connectivity index is 1.48. The summed E-state index contributed by atoms with van der Waals surface area (Å²) < 4.78 is 12.2. The number of carbonyl (C=O) groups excluding carboxylic acids is 1. The van der Waals surface area contributed by atoms with E-state index < -0.39 is 7.37 Å². The lowest BCUT2D eigenvalue weighted by molar-refractivity contribution is 0.102. The summed E-state index contributed by atoms with van der Waals surface area (Å²) in [6, 6.07) is 16.4. The molecule has 1 atom stereocenters. The highest BCUT2D eigenvalue weighted by Crippen LogP contribution is 2.59. The highest BCUT2D eigenvalue weighted by atomic mass is 32.1. The molecule has 28 heavy (non-hydrogen) atoms. The van der Waals surface area contributed by atoms with Gasteiger partial charge in [-0.25, -0.2) is 0 Å². The molecular formula is C21H21N2O3PS. The highest BCUT2D eigenvalue weighted by molar-refractivity contribution is 7.58. The van der Waals surface area contributed by atoms with Crippen LogP contribution in [0.3, 0.4) is 0 Å². The Bertz CT molecular complexity index is 1040. The quantitative estimate of drug-likeness (QED) is 0.384. The third-order valence-corrected chi connectivity index (χ3v) is 8.24. The van der Waals surface area contributed by atoms with E-state index in [0.29, 0.717) is 16.9 Å². The molecule has 0 aliphatic heterocycles. The van der Waals surface area contributed by atoms with E-state index in [4.69, 9.17) is 5.73 Å². The Kier molecular flexibility index (Phi) is 5.11. The average Bonchev–Trinajstić information content (AvgIpc) is 3.40. The molecule has 4 rings (SSSR count). The number of nitrogens with one attached hydrogen (secondary N) is 1. The third-order valence-electron chi connectivity index (χ3n) is 4.85. The molecule has 0 bridgehead atoms. The van der Waals surface area contributed by atoms with Crippen LogP contribution >= 0.6 is 18.7 Å². The fourth-order valence-corrected chi connectivity index (χ4v) is 5.76. The summed E-state index contributed by atoms with van der Waals surface area (Å²) in [5, 5.41) is 4.86. The molecular weight excluding hydrogens is 391 g/mol. The van der Waals surface area contributed by atoms with Gasteiger partial charge in [-0.3, -0.25) is 9.36 Å². The number of hydrogen-bond acceptors (Lipinski definition) is 4. The van der Waals surface area contributed by atoms with Crippen LogP contribution in [0.5, 0.6) is 0 Å². The van der Waals surface area contributed by atoms with Gasteiger partial charge in [0.25, 0.3) is 5.91 Å². The van der Waals surface area contributed by atoms with Crippen molar-refractivity contribution in [2.45, 2.75) is 24.7 Å². The van der Waals surface area contributed by atoms with E-state index in [0.717, 1.165) is 28.8 Å². The number of amides is 1. The SMILES string of the molecule is Nc1ccc(-c2cccs2)cc1NC(=O)c1ccc(CP(=O)(O)C2CC2)cc1. The summed E-state index contributed by atoms with van der Waals surface area (Å²) in [5.41, 5.74) is 9.28. The smallest absolute Gasteiger partial charge is 0.255 e. The number of anilines is 2. The van der Waals surface area contributed by atoms with Crippen LogP contribution in [-0.2, 0) is 10.7 Å². The van der Waals surface area contributed by atoms with Gasteiger partial charge in [-0.05, 0) is 59.7 Å². The van der Waals surface area contributed by atoms with Gasteiger partial charge >= 0.3 is 0 Å². The molecule has 3 aromatic rings. The van der Waals surface area contributed by atoms with Gasteiger partial charge in [-0.1, -0.05) is 24.3 Å². The lowest BCUT2D eigenvalue weighted by Gasteiger charge is -2.12. The molecule has 0 saturated heterocycles. The van der Waals surface area contributed by atoms with Crippen molar-refractivity contribution >= 4 is 36.0 Å². The maximum atomic E-state index is 12.6. The van der Waals surface area contributed by atoms with Crippen LogP contribution in [0.25, 0.3) is 10.4 Å². The second kappa shape index (κ2) is 7.55. The molecule has 4 N–H and O–H groups in total. The maximum Gasteiger partial charge on any atom is 0.255 e. The zero-order valence-corrected chi connectivity index (χ0v) is 16.9. The van der Waals surface area contributed by atoms with E-state index in [-0.39, 0.29) is 17.7 Å². The number of carbonyl (C=O) groups is 1. The Morgan fingerprint density at radius 2 is 1.93 bits per heavy atom. The number of nitrogen functional groups attached to an aromatic ring is 1. The molecule has 144 valence electrons. The largest absolute Gasteiger partial charge is 0.397 e. The summed E-state index contributed by atoms with van der Waals surface area (Å²) in [7, 11) is -3.12. The topological polar surface area (TPSA) is 92.4 Å². The number of rotatable bonds is 6. The van der Waals surface area contributed by atoms with E-state index in [9.17, 15) is 14.3 Å². The highest BCUT2D eigenvalue weighted by Gasteiger charge is 2.39. The van der Waals surface area contributed by atoms with Crippen molar-refractivity contribution in [3.63, 3.8) is 0 Å². The fraction of sp³-hybridized carbons (Fsp3) is 0.190. The molecule has 1 aliphatic rings. The number of thiophene rings is 1. The van der Waals surface area contributed by atoms with Crippen LogP contribution in [0, 0.1) is 0 Å². The summed E-state index contributed by atoms with van der Waals surface area (Å²) >= 11 is 1.62. The Labute approximate surface area is 167 Å². The number of benzene rings is 2. The van der Waals surface area contributed by atoms with Gasteiger partial charge < -0.3 is 15.9 Å². The normalized spacial score (nSPS) is 15.8. The zero-order valence-electron chi connectivity index (χ0n) is 15.2. The summed E-state index contributed by atoms with van der Waals surface area (Å²) in [4.78, 5) is 23.8. The van der Waals surface area contributed by atoms with Crippen LogP contribution in [-0.4, -0.2) is 16.5 Å². The first-order chi connectivity index (χ1) is 13.4. The molecule has 0 spiro atoms. The second-order valence-corrected chi connectivity index (χ2v) is 10.6. The van der Waals surface area contributed by atoms with E-state index in [2.05, 4.69) is 5.32 Å². The molecule has 2 aromatic carbocycles. The molecule has 1 heterocycles. The van der Waals surface area contributed by atoms with E-state index in [1.807, 2.05) is 29.6 Å². The number of nitrogens with two attached hydrogens (primary N) is 1. The fourth-order valence-electron chi connectivity index (χ4n) is 3.09. The van der Waals surface area contributed by atoms with Crippen molar-refractivity contribution < 1.29 is 14.3 Å². The lowest BCUT2D eigenvalue weighted by Crippen LogP contribution is -2.13. The molecule has 1 saturated carbocycles. The van der Waals surface area contributed by atoms with Gasteiger partial charge in [0, 0.05) is 22.3 Å². The van der Waals surface area contributed by atoms with Gasteiger partial charge in [0.2, 0.25) is 7.37 Å². The minimum absolute atomic E-state index is 0.0472. The molecule has 7 heteroatoms. The van der Waals surface area contributed by atoms with Crippen LogP contribution in [0.4, 0.5) is 11.4 Å². The van der Waals surface area contributed by atoms with Crippen molar-refractivity contribution in [1.29, 1.82) is 0 Å². The Hall–Kier alpha value is -2.40. The standard InChI is InChI=1S/C21H21N2O3PS/c22-18-10-7-16(20-2-1-11-28-20)12-19(18)23-21(24)15-5-3-14(4-6-15)13-27(25,26)17-8-9-17/h1-7,10-12,17H,8-9,13,22H2,(H,23,24)(H,25,26). The molecule has 1 fully saturated rings. The van der Waals surface area contributed by atoms with E-state index in [1.165, 1.54) is 0 Å². The van der Waals surface area contributed by atoms with Crippen molar-refractivity contribution in [2.24, 2.45) is 0 Å². The minimum Gasteiger partial charge on any atom is -0.397 e. The predicted octanol–water partition coefficient (Wildman–Crippen LogP) is 5.18. The summed E-state index contributed by atoms with van der Waals surface area (Å²) in [6.07, 6.45) is 1.83. The minimum atomic E-state index is -3.12. The van der Waals surface area contributed by atoms with Crippen LogP contribution in [0.1, 0.15) is 28.8 Å². The van der Waals surface area contributed by atoms with Gasteiger partial charge in [-0.15, -0.1) is 11.3 Å². The van der Waals surface area contributed by atoms with Crippen molar-refractivity contribution in [3.05, 3.63) is 71.1 Å². The van der Waals surface area contributed by atoms with Crippen LogP contribution in [0.15, 0.2) is 60.0 Å². The van der Waals surface area contributed by atoms with Crippen molar-refractivity contribution in [1.82, 2.24) is 0 Å². The molecule has 5 nitrogen and oxygen atoms in total. The Morgan fingerprint density at radius 3 is 2.57 bits per heavy atom. The monoisotopic (exact) mass is 412 g/mol.